The zero-order valence-electron chi connectivity index (χ0n) is 9.58. The van der Waals surface area contributed by atoms with Gasteiger partial charge in [-0.3, -0.25) is 0 Å². The number of nitrogens with zero attached hydrogens (tertiary/aromatic N) is 2. The van der Waals surface area contributed by atoms with Gasteiger partial charge in [-0.25, -0.2) is 9.97 Å². The van der Waals surface area contributed by atoms with Crippen molar-refractivity contribution in [3.63, 3.8) is 0 Å². The zero-order valence-corrected chi connectivity index (χ0v) is 10.4. The molecule has 2 rings (SSSR count). The van der Waals surface area contributed by atoms with Crippen molar-refractivity contribution in [1.29, 1.82) is 0 Å². The second-order valence-corrected chi connectivity index (χ2v) is 5.00. The summed E-state index contributed by atoms with van der Waals surface area (Å²) in [4.78, 5) is 13.0. The second kappa shape index (κ2) is 5.23. The summed E-state index contributed by atoms with van der Waals surface area (Å²) in [5, 5.41) is 4.55. The molecular weight excluding hydrogens is 220 g/mol. The summed E-state index contributed by atoms with van der Waals surface area (Å²) in [7, 11) is 0. The molecule has 0 fully saturated rings. The van der Waals surface area contributed by atoms with Crippen molar-refractivity contribution in [3.8, 4) is 0 Å². The van der Waals surface area contributed by atoms with E-state index in [9.17, 15) is 0 Å². The Bertz CT molecular complexity index is 413. The normalized spacial score (nSPS) is 10.9. The molecule has 0 spiro atoms. The molecule has 0 atom stereocenters. The molecule has 0 unspecified atom stereocenters. The highest BCUT2D eigenvalue weighted by Crippen LogP contribution is 2.16. The van der Waals surface area contributed by atoms with E-state index in [-0.39, 0.29) is 0 Å². The topological polar surface area (TPSA) is 53.6 Å². The number of rotatable bonds is 5. The molecule has 0 aliphatic carbocycles. The maximum Gasteiger partial charge on any atom is 0.120 e. The van der Waals surface area contributed by atoms with E-state index in [2.05, 4.69) is 34.1 Å². The van der Waals surface area contributed by atoms with Crippen LogP contribution in [0.5, 0.6) is 0 Å². The van der Waals surface area contributed by atoms with E-state index in [4.69, 9.17) is 0 Å². The lowest BCUT2D eigenvalue weighted by Crippen LogP contribution is -2.17. The Balaban J connectivity index is 1.72. The Hall–Kier alpha value is -1.20. The molecule has 0 radical (unpaired) electrons. The molecule has 2 aromatic heterocycles. The highest BCUT2D eigenvalue weighted by atomic mass is 32.1. The van der Waals surface area contributed by atoms with Crippen LogP contribution >= 0.6 is 11.3 Å². The Labute approximate surface area is 99.2 Å². The standard InChI is InChI=1S/C11H16N4S/c1-8-9(2)16-11(15-8)3-4-12-7-10-13-5-6-14-10/h5-6,12H,3-4,7H2,1-2H3,(H,13,14). The minimum absolute atomic E-state index is 0.788. The quantitative estimate of drug-likeness (QED) is 0.779. The van der Waals surface area contributed by atoms with Crippen LogP contribution in [0.4, 0.5) is 0 Å². The van der Waals surface area contributed by atoms with Gasteiger partial charge in [0.1, 0.15) is 5.82 Å². The van der Waals surface area contributed by atoms with Gasteiger partial charge in [0, 0.05) is 30.2 Å². The molecule has 0 bridgehead atoms. The van der Waals surface area contributed by atoms with Gasteiger partial charge in [-0.1, -0.05) is 0 Å². The van der Waals surface area contributed by atoms with Gasteiger partial charge >= 0.3 is 0 Å². The van der Waals surface area contributed by atoms with Crippen LogP contribution in [0.3, 0.4) is 0 Å². The summed E-state index contributed by atoms with van der Waals surface area (Å²) in [5.74, 6) is 0.978. The molecule has 0 saturated heterocycles. The largest absolute Gasteiger partial charge is 0.348 e. The number of H-pyrrole nitrogens is 1. The average molecular weight is 236 g/mol. The van der Waals surface area contributed by atoms with Crippen LogP contribution in [0.1, 0.15) is 21.4 Å². The number of hydrogen-bond acceptors (Lipinski definition) is 4. The molecule has 86 valence electrons. The fourth-order valence-electron chi connectivity index (χ4n) is 1.44. The van der Waals surface area contributed by atoms with Crippen LogP contribution in [0.15, 0.2) is 12.4 Å². The van der Waals surface area contributed by atoms with Crippen molar-refractivity contribution in [3.05, 3.63) is 33.8 Å². The van der Waals surface area contributed by atoms with Crippen LogP contribution in [0, 0.1) is 13.8 Å². The minimum Gasteiger partial charge on any atom is -0.348 e. The van der Waals surface area contributed by atoms with Crippen molar-refractivity contribution in [1.82, 2.24) is 20.3 Å². The van der Waals surface area contributed by atoms with Crippen molar-refractivity contribution < 1.29 is 0 Å². The lowest BCUT2D eigenvalue weighted by atomic mass is 10.4. The van der Waals surface area contributed by atoms with Crippen LogP contribution in [-0.4, -0.2) is 21.5 Å². The van der Waals surface area contributed by atoms with Gasteiger partial charge in [0.25, 0.3) is 0 Å². The molecule has 0 aliphatic heterocycles. The second-order valence-electron chi connectivity index (χ2n) is 3.71. The predicted octanol–water partition coefficient (Wildman–Crippen LogP) is 1.82. The monoisotopic (exact) mass is 236 g/mol. The van der Waals surface area contributed by atoms with Gasteiger partial charge in [-0.15, -0.1) is 11.3 Å². The lowest BCUT2D eigenvalue weighted by molar-refractivity contribution is 0.663. The highest BCUT2D eigenvalue weighted by molar-refractivity contribution is 7.11. The van der Waals surface area contributed by atoms with Gasteiger partial charge in [0.15, 0.2) is 0 Å². The number of thiazole rings is 1. The Morgan fingerprint density at radius 1 is 1.44 bits per heavy atom. The van der Waals surface area contributed by atoms with E-state index in [1.165, 1.54) is 9.88 Å². The first-order valence-electron chi connectivity index (χ1n) is 5.37. The first-order valence-corrected chi connectivity index (χ1v) is 6.19. The van der Waals surface area contributed by atoms with Crippen LogP contribution in [0.2, 0.25) is 0 Å². The van der Waals surface area contributed by atoms with E-state index < -0.39 is 0 Å². The summed E-state index contributed by atoms with van der Waals surface area (Å²) >= 11 is 1.79. The maximum absolute atomic E-state index is 4.50. The molecule has 0 saturated carbocycles. The summed E-state index contributed by atoms with van der Waals surface area (Å²) in [6, 6.07) is 0. The summed E-state index contributed by atoms with van der Waals surface area (Å²) < 4.78 is 0. The third-order valence-corrected chi connectivity index (χ3v) is 3.57. The van der Waals surface area contributed by atoms with Crippen LogP contribution < -0.4 is 5.32 Å². The maximum atomic E-state index is 4.50. The van der Waals surface area contributed by atoms with Crippen LogP contribution in [-0.2, 0) is 13.0 Å². The van der Waals surface area contributed by atoms with E-state index in [1.54, 1.807) is 17.5 Å². The van der Waals surface area contributed by atoms with Crippen molar-refractivity contribution in [2.45, 2.75) is 26.8 Å². The third kappa shape index (κ3) is 2.90. The van der Waals surface area contributed by atoms with E-state index in [0.717, 1.165) is 31.0 Å². The highest BCUT2D eigenvalue weighted by Gasteiger charge is 2.02. The SMILES string of the molecule is Cc1nc(CCNCc2ncc[nH]2)sc1C. The number of hydrogen-bond donors (Lipinski definition) is 2. The minimum atomic E-state index is 0.788. The fraction of sp³-hybridized carbons (Fsp3) is 0.455. The number of aromatic amines is 1. The third-order valence-electron chi connectivity index (χ3n) is 2.44. The van der Waals surface area contributed by atoms with Crippen molar-refractivity contribution in [2.75, 3.05) is 6.54 Å². The predicted molar refractivity (Wildman–Crippen MR) is 65.6 cm³/mol. The first-order chi connectivity index (χ1) is 7.75. The number of imidazole rings is 1. The van der Waals surface area contributed by atoms with Gasteiger partial charge in [0.05, 0.1) is 17.2 Å². The number of aromatic nitrogens is 3. The van der Waals surface area contributed by atoms with Gasteiger partial charge < -0.3 is 10.3 Å². The van der Waals surface area contributed by atoms with E-state index in [1.807, 2.05) is 6.20 Å². The molecule has 5 heteroatoms. The zero-order chi connectivity index (χ0) is 11.4. The molecule has 16 heavy (non-hydrogen) atoms. The number of aryl methyl sites for hydroxylation is 2. The van der Waals surface area contributed by atoms with Gasteiger partial charge in [-0.2, -0.15) is 0 Å². The molecule has 0 aliphatic rings. The molecule has 2 aromatic rings. The molecule has 2 heterocycles. The molecule has 0 aromatic carbocycles. The average Bonchev–Trinajstić information content (AvgIpc) is 2.85. The first kappa shape index (κ1) is 11.3. The molecular formula is C11H16N4S. The molecule has 0 amide bonds. The smallest absolute Gasteiger partial charge is 0.120 e. The van der Waals surface area contributed by atoms with E-state index >= 15 is 0 Å². The Morgan fingerprint density at radius 3 is 2.94 bits per heavy atom. The lowest BCUT2D eigenvalue weighted by Gasteiger charge is -1.99. The van der Waals surface area contributed by atoms with Crippen molar-refractivity contribution in [2.24, 2.45) is 0 Å². The summed E-state index contributed by atoms with van der Waals surface area (Å²) in [6.07, 6.45) is 4.59. The molecule has 4 nitrogen and oxygen atoms in total. The van der Waals surface area contributed by atoms with Gasteiger partial charge in [-0.05, 0) is 13.8 Å². The summed E-state index contributed by atoms with van der Waals surface area (Å²) in [5.41, 5.74) is 1.16. The fourth-order valence-corrected chi connectivity index (χ4v) is 2.38. The van der Waals surface area contributed by atoms with E-state index in [0.29, 0.717) is 0 Å². The van der Waals surface area contributed by atoms with Crippen LogP contribution in [0.25, 0.3) is 0 Å². The van der Waals surface area contributed by atoms with Gasteiger partial charge in [0.2, 0.25) is 0 Å². The number of nitrogens with one attached hydrogen (secondary N) is 2. The Morgan fingerprint density at radius 2 is 2.31 bits per heavy atom. The Kier molecular flexibility index (Phi) is 3.69. The molecule has 2 N–H and O–H groups in total. The van der Waals surface area contributed by atoms with Crippen molar-refractivity contribution >= 4 is 11.3 Å². The summed E-state index contributed by atoms with van der Waals surface area (Å²) in [6.45, 7) is 5.90.